The number of phenolic OH excluding ortho intramolecular Hbond substituents is 1. The maximum atomic E-state index is 9.88. The van der Waals surface area contributed by atoms with Crippen molar-refractivity contribution < 1.29 is 5.11 Å². The first-order valence-corrected chi connectivity index (χ1v) is 5.49. The number of hydrogen-bond donors (Lipinski definition) is 2. The molecule has 0 aliphatic carbocycles. The average molecular weight is 258 g/mol. The van der Waals surface area contributed by atoms with Crippen molar-refractivity contribution in [3.63, 3.8) is 0 Å². The molecular formula is C11H16BrNO. The van der Waals surface area contributed by atoms with Crippen LogP contribution in [-0.4, -0.2) is 18.7 Å². The lowest BCUT2D eigenvalue weighted by Gasteiger charge is -2.12. The summed E-state index contributed by atoms with van der Waals surface area (Å²) in [7, 11) is 1.91. The van der Waals surface area contributed by atoms with Crippen LogP contribution in [-0.2, 0) is 6.42 Å². The van der Waals surface area contributed by atoms with Crippen molar-refractivity contribution in [2.45, 2.75) is 20.3 Å². The molecule has 0 aliphatic rings. The molecule has 2 nitrogen and oxygen atoms in total. The molecule has 1 aromatic rings. The van der Waals surface area contributed by atoms with Crippen LogP contribution in [0.3, 0.4) is 0 Å². The van der Waals surface area contributed by atoms with Crippen LogP contribution in [0.5, 0.6) is 5.75 Å². The molecule has 0 bridgehead atoms. The molecule has 0 heterocycles. The predicted octanol–water partition coefficient (Wildman–Crippen LogP) is 2.53. The zero-order valence-electron chi connectivity index (χ0n) is 8.82. The first-order valence-electron chi connectivity index (χ1n) is 4.70. The van der Waals surface area contributed by atoms with Gasteiger partial charge in [-0.1, -0.05) is 15.9 Å². The molecule has 0 aromatic heterocycles. The van der Waals surface area contributed by atoms with Crippen LogP contribution >= 0.6 is 15.9 Å². The second kappa shape index (κ2) is 4.80. The van der Waals surface area contributed by atoms with Crippen molar-refractivity contribution in [1.29, 1.82) is 0 Å². The van der Waals surface area contributed by atoms with E-state index >= 15 is 0 Å². The molecule has 0 saturated carbocycles. The van der Waals surface area contributed by atoms with Gasteiger partial charge in [0.15, 0.2) is 0 Å². The van der Waals surface area contributed by atoms with Crippen molar-refractivity contribution in [2.24, 2.45) is 0 Å². The van der Waals surface area contributed by atoms with Gasteiger partial charge in [-0.05, 0) is 56.6 Å². The third-order valence-electron chi connectivity index (χ3n) is 2.44. The minimum Gasteiger partial charge on any atom is -0.507 e. The highest BCUT2D eigenvalue weighted by Gasteiger charge is 2.10. The Morgan fingerprint density at radius 3 is 2.64 bits per heavy atom. The van der Waals surface area contributed by atoms with Gasteiger partial charge in [-0.25, -0.2) is 0 Å². The Bertz CT molecular complexity index is 310. The molecule has 0 radical (unpaired) electrons. The third-order valence-corrected chi connectivity index (χ3v) is 3.26. The standard InChI is InChI=1S/C11H16BrNO/c1-7-6-10(12)8(2)9(11(7)14)4-5-13-3/h6,13-14H,4-5H2,1-3H3. The highest BCUT2D eigenvalue weighted by molar-refractivity contribution is 9.10. The fraction of sp³-hybridized carbons (Fsp3) is 0.455. The van der Waals surface area contributed by atoms with Gasteiger partial charge >= 0.3 is 0 Å². The normalized spacial score (nSPS) is 10.6. The van der Waals surface area contributed by atoms with E-state index < -0.39 is 0 Å². The van der Waals surface area contributed by atoms with Crippen LogP contribution in [0.25, 0.3) is 0 Å². The van der Waals surface area contributed by atoms with Crippen LogP contribution < -0.4 is 5.32 Å². The van der Waals surface area contributed by atoms with E-state index in [1.807, 2.05) is 27.0 Å². The van der Waals surface area contributed by atoms with E-state index in [1.54, 1.807) is 0 Å². The highest BCUT2D eigenvalue weighted by atomic mass is 79.9. The summed E-state index contributed by atoms with van der Waals surface area (Å²) in [6.07, 6.45) is 0.856. The van der Waals surface area contributed by atoms with Gasteiger partial charge in [0, 0.05) is 4.47 Å². The molecule has 0 amide bonds. The number of aryl methyl sites for hydroxylation is 1. The average Bonchev–Trinajstić information content (AvgIpc) is 2.15. The fourth-order valence-electron chi connectivity index (χ4n) is 1.48. The minimum atomic E-state index is 0.431. The van der Waals surface area contributed by atoms with E-state index in [-0.39, 0.29) is 0 Å². The molecule has 78 valence electrons. The third kappa shape index (κ3) is 2.28. The van der Waals surface area contributed by atoms with Crippen LogP contribution in [0.4, 0.5) is 0 Å². The van der Waals surface area contributed by atoms with Gasteiger partial charge in [-0.15, -0.1) is 0 Å². The zero-order valence-corrected chi connectivity index (χ0v) is 10.4. The van der Waals surface area contributed by atoms with Crippen molar-refractivity contribution in [1.82, 2.24) is 5.32 Å². The van der Waals surface area contributed by atoms with E-state index in [0.717, 1.165) is 34.1 Å². The summed E-state index contributed by atoms with van der Waals surface area (Å²) >= 11 is 3.49. The Labute approximate surface area is 93.5 Å². The van der Waals surface area contributed by atoms with E-state index in [1.165, 1.54) is 0 Å². The monoisotopic (exact) mass is 257 g/mol. The summed E-state index contributed by atoms with van der Waals surface area (Å²) in [6.45, 7) is 4.82. The van der Waals surface area contributed by atoms with Crippen LogP contribution in [0.15, 0.2) is 10.5 Å². The Balaban J connectivity index is 3.11. The number of nitrogens with one attached hydrogen (secondary N) is 1. The van der Waals surface area contributed by atoms with Gasteiger partial charge in [-0.3, -0.25) is 0 Å². The Kier molecular flexibility index (Phi) is 3.96. The number of halogens is 1. The maximum Gasteiger partial charge on any atom is 0.122 e. The molecule has 0 saturated heterocycles. The summed E-state index contributed by atoms with van der Waals surface area (Å²) in [5.74, 6) is 0.431. The molecule has 3 heteroatoms. The molecule has 14 heavy (non-hydrogen) atoms. The van der Waals surface area contributed by atoms with Gasteiger partial charge in [0.2, 0.25) is 0 Å². The topological polar surface area (TPSA) is 32.3 Å². The van der Waals surface area contributed by atoms with Gasteiger partial charge in [0.05, 0.1) is 0 Å². The first kappa shape index (κ1) is 11.5. The lowest BCUT2D eigenvalue weighted by molar-refractivity contribution is 0.462. The Morgan fingerprint density at radius 2 is 2.07 bits per heavy atom. The van der Waals surface area contributed by atoms with Crippen LogP contribution in [0.1, 0.15) is 16.7 Å². The lowest BCUT2D eigenvalue weighted by atomic mass is 10.0. The molecule has 0 unspecified atom stereocenters. The number of rotatable bonds is 3. The second-order valence-electron chi connectivity index (χ2n) is 3.48. The van der Waals surface area contributed by atoms with Crippen molar-refractivity contribution in [3.05, 3.63) is 27.2 Å². The molecule has 0 fully saturated rings. The maximum absolute atomic E-state index is 9.88. The number of likely N-dealkylation sites (N-methyl/N-ethyl adjacent to an activating group) is 1. The number of phenols is 1. The van der Waals surface area contributed by atoms with Gasteiger partial charge in [0.25, 0.3) is 0 Å². The predicted molar refractivity (Wildman–Crippen MR) is 62.9 cm³/mol. The summed E-state index contributed by atoms with van der Waals surface area (Å²) in [5.41, 5.74) is 3.09. The molecular weight excluding hydrogens is 242 g/mol. The SMILES string of the molecule is CNCCc1c(C)c(Br)cc(C)c1O. The van der Waals surface area contributed by atoms with E-state index in [9.17, 15) is 5.11 Å². The molecule has 0 aliphatic heterocycles. The van der Waals surface area contributed by atoms with Gasteiger partial charge < -0.3 is 10.4 Å². The van der Waals surface area contributed by atoms with E-state index in [0.29, 0.717) is 5.75 Å². The minimum absolute atomic E-state index is 0.431. The van der Waals surface area contributed by atoms with Crippen molar-refractivity contribution in [3.8, 4) is 5.75 Å². The van der Waals surface area contributed by atoms with E-state index in [4.69, 9.17) is 0 Å². The smallest absolute Gasteiger partial charge is 0.122 e. The molecule has 1 rings (SSSR count). The molecule has 1 aromatic carbocycles. The van der Waals surface area contributed by atoms with Gasteiger partial charge in [-0.2, -0.15) is 0 Å². The van der Waals surface area contributed by atoms with Gasteiger partial charge in [0.1, 0.15) is 5.75 Å². The zero-order chi connectivity index (χ0) is 10.7. The highest BCUT2D eigenvalue weighted by Crippen LogP contribution is 2.31. The summed E-state index contributed by atoms with van der Waals surface area (Å²) in [6, 6.07) is 1.95. The fourth-order valence-corrected chi connectivity index (χ4v) is 2.07. The molecule has 0 spiro atoms. The van der Waals surface area contributed by atoms with Crippen molar-refractivity contribution >= 4 is 15.9 Å². The summed E-state index contributed by atoms with van der Waals surface area (Å²) in [5, 5.41) is 13.0. The number of aromatic hydroxyl groups is 1. The largest absolute Gasteiger partial charge is 0.507 e. The van der Waals surface area contributed by atoms with Crippen molar-refractivity contribution in [2.75, 3.05) is 13.6 Å². The second-order valence-corrected chi connectivity index (χ2v) is 4.34. The lowest BCUT2D eigenvalue weighted by Crippen LogP contribution is -2.11. The van der Waals surface area contributed by atoms with Crippen LogP contribution in [0, 0.1) is 13.8 Å². The first-order chi connectivity index (χ1) is 6.57. The Hall–Kier alpha value is -0.540. The number of hydrogen-bond acceptors (Lipinski definition) is 2. The van der Waals surface area contributed by atoms with Crippen LogP contribution in [0.2, 0.25) is 0 Å². The summed E-state index contributed by atoms with van der Waals surface area (Å²) < 4.78 is 1.07. The number of benzene rings is 1. The molecule has 2 N–H and O–H groups in total. The Morgan fingerprint density at radius 1 is 1.43 bits per heavy atom. The van der Waals surface area contributed by atoms with E-state index in [2.05, 4.69) is 21.2 Å². The quantitative estimate of drug-likeness (QED) is 0.873. The molecule has 0 atom stereocenters. The summed E-state index contributed by atoms with van der Waals surface area (Å²) in [4.78, 5) is 0.